The predicted molar refractivity (Wildman–Crippen MR) is 61.2 cm³/mol. The average Bonchev–Trinajstić information content (AvgIpc) is 2.20. The number of nitrogens with zero attached hydrogens (tertiary/aromatic N) is 2. The summed E-state index contributed by atoms with van der Waals surface area (Å²) >= 11 is 0. The third-order valence-electron chi connectivity index (χ3n) is 1.64. The first-order chi connectivity index (χ1) is 6.83. The fourth-order valence-electron chi connectivity index (χ4n) is 1.02. The first-order valence-corrected chi connectivity index (χ1v) is 4.56. The van der Waals surface area contributed by atoms with Crippen LogP contribution in [-0.4, -0.2) is 11.2 Å². The van der Waals surface area contributed by atoms with Crippen LogP contribution in [0.15, 0.2) is 47.4 Å². The summed E-state index contributed by atoms with van der Waals surface area (Å²) in [6.45, 7) is 3.87. The van der Waals surface area contributed by atoms with Crippen LogP contribution in [0.3, 0.4) is 0 Å². The summed E-state index contributed by atoms with van der Waals surface area (Å²) in [4.78, 5) is 8.14. The number of rotatable bonds is 3. The Morgan fingerprint density at radius 1 is 1.50 bits per heavy atom. The van der Waals surface area contributed by atoms with E-state index >= 15 is 0 Å². The van der Waals surface area contributed by atoms with E-state index < -0.39 is 0 Å². The molecule has 0 aromatic carbocycles. The molecular weight excluding hydrogens is 172 g/mol. The van der Waals surface area contributed by atoms with E-state index in [4.69, 9.17) is 0 Å². The molecule has 0 aliphatic carbocycles. The van der Waals surface area contributed by atoms with E-state index in [1.165, 1.54) is 0 Å². The fraction of sp³-hybridized carbons (Fsp3) is 0.167. The van der Waals surface area contributed by atoms with E-state index in [1.54, 1.807) is 12.4 Å². The van der Waals surface area contributed by atoms with Crippen molar-refractivity contribution in [1.29, 1.82) is 0 Å². The molecule has 0 saturated heterocycles. The molecule has 0 fully saturated rings. The summed E-state index contributed by atoms with van der Waals surface area (Å²) in [5.74, 6) is 0. The molecule has 1 aromatic rings. The lowest BCUT2D eigenvalue weighted by molar-refractivity contribution is 1.31. The Morgan fingerprint density at radius 3 is 3.00 bits per heavy atom. The first-order valence-electron chi connectivity index (χ1n) is 4.56. The van der Waals surface area contributed by atoms with Crippen molar-refractivity contribution in [3.8, 4) is 0 Å². The molecule has 2 nitrogen and oxygen atoms in total. The minimum Gasteiger partial charge on any atom is -0.266 e. The van der Waals surface area contributed by atoms with Gasteiger partial charge in [0, 0.05) is 24.3 Å². The Hall–Kier alpha value is -1.70. The van der Waals surface area contributed by atoms with Crippen molar-refractivity contribution in [3.63, 3.8) is 0 Å². The lowest BCUT2D eigenvalue weighted by Gasteiger charge is -1.89. The van der Waals surface area contributed by atoms with Gasteiger partial charge in [0.25, 0.3) is 0 Å². The molecule has 0 aliphatic rings. The average molecular weight is 186 g/mol. The van der Waals surface area contributed by atoms with Gasteiger partial charge in [-0.3, -0.25) is 9.98 Å². The van der Waals surface area contributed by atoms with E-state index in [0.29, 0.717) is 0 Å². The molecule has 1 aromatic heterocycles. The van der Waals surface area contributed by atoms with E-state index in [1.807, 2.05) is 50.4 Å². The van der Waals surface area contributed by atoms with E-state index in [2.05, 4.69) is 9.98 Å². The molecule has 0 atom stereocenters. The van der Waals surface area contributed by atoms with Crippen LogP contribution in [0.25, 0.3) is 6.08 Å². The molecule has 1 heterocycles. The molecule has 0 aliphatic heterocycles. The van der Waals surface area contributed by atoms with Crippen LogP contribution in [0, 0.1) is 0 Å². The van der Waals surface area contributed by atoms with Crippen LogP contribution in [0.2, 0.25) is 0 Å². The molecule has 2 heteroatoms. The number of aromatic nitrogens is 1. The van der Waals surface area contributed by atoms with E-state index in [0.717, 1.165) is 11.3 Å². The van der Waals surface area contributed by atoms with Gasteiger partial charge in [0.15, 0.2) is 0 Å². The molecule has 0 N–H and O–H groups in total. The van der Waals surface area contributed by atoms with Gasteiger partial charge >= 0.3 is 0 Å². The maximum Gasteiger partial charge on any atom is 0.0368 e. The van der Waals surface area contributed by atoms with Crippen molar-refractivity contribution in [2.24, 2.45) is 4.99 Å². The predicted octanol–water partition coefficient (Wildman–Crippen LogP) is 3.09. The molecule has 0 unspecified atom stereocenters. The second-order valence-electron chi connectivity index (χ2n) is 2.84. The normalized spacial score (nSPS) is 12.9. The van der Waals surface area contributed by atoms with Crippen LogP contribution in [0.1, 0.15) is 19.4 Å². The van der Waals surface area contributed by atoms with Crippen molar-refractivity contribution in [2.75, 3.05) is 0 Å². The minimum absolute atomic E-state index is 0.993. The number of pyridine rings is 1. The van der Waals surface area contributed by atoms with Gasteiger partial charge in [-0.05, 0) is 31.6 Å². The van der Waals surface area contributed by atoms with Gasteiger partial charge in [-0.15, -0.1) is 0 Å². The van der Waals surface area contributed by atoms with Crippen LogP contribution >= 0.6 is 0 Å². The fourth-order valence-corrected chi connectivity index (χ4v) is 1.02. The summed E-state index contributed by atoms with van der Waals surface area (Å²) < 4.78 is 0. The summed E-state index contributed by atoms with van der Waals surface area (Å²) in [6, 6.07) is 3.93. The number of hydrogen-bond acceptors (Lipinski definition) is 2. The Morgan fingerprint density at radius 2 is 2.36 bits per heavy atom. The lowest BCUT2D eigenvalue weighted by atomic mass is 10.2. The second kappa shape index (κ2) is 5.86. The van der Waals surface area contributed by atoms with Crippen LogP contribution in [0.4, 0.5) is 0 Å². The van der Waals surface area contributed by atoms with Crippen LogP contribution in [-0.2, 0) is 0 Å². The quantitative estimate of drug-likeness (QED) is 0.526. The Labute approximate surface area is 84.7 Å². The maximum atomic E-state index is 4.12. The highest BCUT2D eigenvalue weighted by atomic mass is 14.7. The highest BCUT2D eigenvalue weighted by Crippen LogP contribution is 2.00. The largest absolute Gasteiger partial charge is 0.266 e. The SMILES string of the molecule is C\C=N/C(C)=C/C=C\c1cccnc1. The Bertz CT molecular complexity index is 348. The second-order valence-corrected chi connectivity index (χ2v) is 2.84. The molecule has 0 saturated carbocycles. The molecule has 0 bridgehead atoms. The number of aliphatic imine (C=N–C) groups is 1. The van der Waals surface area contributed by atoms with Gasteiger partial charge in [0.1, 0.15) is 0 Å². The van der Waals surface area contributed by atoms with Crippen molar-refractivity contribution in [1.82, 2.24) is 4.98 Å². The minimum atomic E-state index is 0.993. The summed E-state index contributed by atoms with van der Waals surface area (Å²) in [6.07, 6.45) is 11.3. The highest BCUT2D eigenvalue weighted by Gasteiger charge is 1.82. The Balaban J connectivity index is 2.62. The van der Waals surface area contributed by atoms with Crippen molar-refractivity contribution in [3.05, 3.63) is 47.9 Å². The zero-order valence-corrected chi connectivity index (χ0v) is 8.51. The zero-order valence-electron chi connectivity index (χ0n) is 8.51. The molecule has 0 radical (unpaired) electrons. The maximum absolute atomic E-state index is 4.12. The van der Waals surface area contributed by atoms with Gasteiger partial charge in [-0.1, -0.05) is 18.2 Å². The standard InChI is InChI=1S/C12H14N2/c1-3-14-11(2)6-4-7-12-8-5-9-13-10-12/h3-10H,1-2H3/b7-4-,11-6+,14-3-. The molecule has 0 spiro atoms. The molecule has 0 amide bonds. The summed E-state index contributed by atoms with van der Waals surface area (Å²) in [5.41, 5.74) is 2.09. The summed E-state index contributed by atoms with van der Waals surface area (Å²) in [5, 5.41) is 0. The number of hydrogen-bond donors (Lipinski definition) is 0. The highest BCUT2D eigenvalue weighted by molar-refractivity contribution is 5.55. The van der Waals surface area contributed by atoms with Crippen molar-refractivity contribution < 1.29 is 0 Å². The Kier molecular flexibility index (Phi) is 4.35. The van der Waals surface area contributed by atoms with Crippen LogP contribution < -0.4 is 0 Å². The smallest absolute Gasteiger partial charge is 0.0368 e. The van der Waals surface area contributed by atoms with Gasteiger partial charge in [0.2, 0.25) is 0 Å². The molecule has 72 valence electrons. The lowest BCUT2D eigenvalue weighted by Crippen LogP contribution is -1.72. The van der Waals surface area contributed by atoms with Gasteiger partial charge < -0.3 is 0 Å². The number of allylic oxidation sites excluding steroid dienone is 3. The van der Waals surface area contributed by atoms with Gasteiger partial charge in [0.05, 0.1) is 0 Å². The van der Waals surface area contributed by atoms with E-state index in [-0.39, 0.29) is 0 Å². The monoisotopic (exact) mass is 186 g/mol. The third kappa shape index (κ3) is 3.81. The molecule has 14 heavy (non-hydrogen) atoms. The van der Waals surface area contributed by atoms with Crippen molar-refractivity contribution in [2.45, 2.75) is 13.8 Å². The van der Waals surface area contributed by atoms with Gasteiger partial charge in [-0.25, -0.2) is 0 Å². The van der Waals surface area contributed by atoms with E-state index in [9.17, 15) is 0 Å². The van der Waals surface area contributed by atoms with Gasteiger partial charge in [-0.2, -0.15) is 0 Å². The third-order valence-corrected chi connectivity index (χ3v) is 1.64. The van der Waals surface area contributed by atoms with Crippen LogP contribution in [0.5, 0.6) is 0 Å². The first kappa shape index (κ1) is 10.4. The molecule has 1 rings (SSSR count). The van der Waals surface area contributed by atoms with Crippen molar-refractivity contribution >= 4 is 12.3 Å². The molecular formula is C12H14N2. The zero-order chi connectivity index (χ0) is 10.2. The summed E-state index contributed by atoms with van der Waals surface area (Å²) in [7, 11) is 0. The topological polar surface area (TPSA) is 25.2 Å².